The molecule has 0 radical (unpaired) electrons. The number of para-hydroxylation sites is 1. The van der Waals surface area contributed by atoms with Gasteiger partial charge in [0.05, 0.1) is 5.75 Å². The Morgan fingerprint density at radius 2 is 1.86 bits per heavy atom. The van der Waals surface area contributed by atoms with Crippen molar-refractivity contribution < 1.29 is 4.79 Å². The predicted octanol–water partition coefficient (Wildman–Crippen LogP) is 4.92. The van der Waals surface area contributed by atoms with Crippen LogP contribution < -0.4 is 5.32 Å². The van der Waals surface area contributed by atoms with E-state index in [2.05, 4.69) is 58.2 Å². The van der Waals surface area contributed by atoms with Crippen LogP contribution in [0.15, 0.2) is 53.7 Å². The molecule has 150 valence electrons. The van der Waals surface area contributed by atoms with E-state index < -0.39 is 0 Å². The Hall–Kier alpha value is -2.60. The van der Waals surface area contributed by atoms with E-state index in [0.717, 1.165) is 35.2 Å². The maximum atomic E-state index is 12.4. The van der Waals surface area contributed by atoms with Crippen molar-refractivity contribution in [1.82, 2.24) is 14.8 Å². The number of nitrogens with zero attached hydrogens (tertiary/aromatic N) is 3. The molecule has 1 saturated carbocycles. The molecule has 1 heterocycles. The van der Waals surface area contributed by atoms with E-state index in [1.165, 1.54) is 22.9 Å². The number of hydrogen-bond donors (Lipinski definition) is 1. The third kappa shape index (κ3) is 4.37. The average molecular weight is 407 g/mol. The number of carbonyl (C=O) groups is 1. The van der Waals surface area contributed by atoms with Gasteiger partial charge < -0.3 is 9.88 Å². The molecule has 2 aromatic carbocycles. The summed E-state index contributed by atoms with van der Waals surface area (Å²) in [6.45, 7) is 7.01. The Labute approximate surface area is 175 Å². The molecule has 5 nitrogen and oxygen atoms in total. The lowest BCUT2D eigenvalue weighted by atomic mass is 10.1. The van der Waals surface area contributed by atoms with Gasteiger partial charge in [0.15, 0.2) is 5.16 Å². The molecule has 1 aliphatic carbocycles. The molecule has 0 spiro atoms. The quantitative estimate of drug-likeness (QED) is 0.566. The van der Waals surface area contributed by atoms with E-state index in [9.17, 15) is 4.79 Å². The van der Waals surface area contributed by atoms with Crippen molar-refractivity contribution in [3.63, 3.8) is 0 Å². The molecular formula is C23H26N4OS. The van der Waals surface area contributed by atoms with Crippen LogP contribution in [-0.4, -0.2) is 26.4 Å². The number of hydrogen-bond acceptors (Lipinski definition) is 4. The summed E-state index contributed by atoms with van der Waals surface area (Å²) in [4.78, 5) is 12.4. The molecule has 0 aliphatic heterocycles. The fraction of sp³-hybridized carbons (Fsp3) is 0.348. The van der Waals surface area contributed by atoms with Crippen LogP contribution in [-0.2, 0) is 11.3 Å². The van der Waals surface area contributed by atoms with E-state index >= 15 is 0 Å². The number of anilines is 1. The highest BCUT2D eigenvalue weighted by atomic mass is 32.2. The van der Waals surface area contributed by atoms with Crippen molar-refractivity contribution in [2.45, 2.75) is 50.7 Å². The molecular weight excluding hydrogens is 380 g/mol. The van der Waals surface area contributed by atoms with Crippen LogP contribution in [0.4, 0.5) is 5.69 Å². The first-order valence-electron chi connectivity index (χ1n) is 10.0. The summed E-state index contributed by atoms with van der Waals surface area (Å²) in [5.74, 6) is 2.27. The molecule has 4 rings (SSSR count). The van der Waals surface area contributed by atoms with Crippen LogP contribution in [0, 0.1) is 13.8 Å². The highest BCUT2D eigenvalue weighted by Gasteiger charge is 2.43. The van der Waals surface area contributed by atoms with Crippen molar-refractivity contribution in [2.24, 2.45) is 0 Å². The highest BCUT2D eigenvalue weighted by molar-refractivity contribution is 7.99. The van der Waals surface area contributed by atoms with Gasteiger partial charge in [0, 0.05) is 18.2 Å². The topological polar surface area (TPSA) is 59.8 Å². The molecule has 1 N–H and O–H groups in total. The predicted molar refractivity (Wildman–Crippen MR) is 118 cm³/mol. The largest absolute Gasteiger partial charge is 0.325 e. The molecule has 0 bridgehead atoms. The summed E-state index contributed by atoms with van der Waals surface area (Å²) in [5.41, 5.74) is 4.57. The summed E-state index contributed by atoms with van der Waals surface area (Å²) < 4.78 is 2.16. The molecule has 2 atom stereocenters. The molecule has 1 fully saturated rings. The zero-order chi connectivity index (χ0) is 20.4. The second kappa shape index (κ2) is 8.41. The number of carbonyl (C=O) groups excluding carboxylic acids is 1. The third-order valence-electron chi connectivity index (χ3n) is 5.44. The van der Waals surface area contributed by atoms with Gasteiger partial charge in [0.25, 0.3) is 0 Å². The van der Waals surface area contributed by atoms with Crippen molar-refractivity contribution in [1.29, 1.82) is 0 Å². The molecule has 0 saturated heterocycles. The minimum Gasteiger partial charge on any atom is -0.325 e. The number of benzene rings is 2. The monoisotopic (exact) mass is 406 g/mol. The first-order chi connectivity index (χ1) is 14.1. The normalized spacial score (nSPS) is 17.9. The average Bonchev–Trinajstić information content (AvgIpc) is 3.40. The lowest BCUT2D eigenvalue weighted by Crippen LogP contribution is -2.15. The van der Waals surface area contributed by atoms with Crippen molar-refractivity contribution >= 4 is 23.4 Å². The molecule has 2 unspecified atom stereocenters. The van der Waals surface area contributed by atoms with Crippen molar-refractivity contribution in [2.75, 3.05) is 11.1 Å². The Morgan fingerprint density at radius 1 is 1.10 bits per heavy atom. The van der Waals surface area contributed by atoms with Crippen LogP contribution in [0.3, 0.4) is 0 Å². The smallest absolute Gasteiger partial charge is 0.234 e. The van der Waals surface area contributed by atoms with E-state index in [1.807, 2.05) is 31.2 Å². The summed E-state index contributed by atoms with van der Waals surface area (Å²) in [6, 6.07) is 16.6. The molecule has 1 aliphatic rings. The Morgan fingerprint density at radius 3 is 2.59 bits per heavy atom. The SMILES string of the molecule is CCn1c(SCC(=O)Nc2ccccc2C)nnc1C1CC1c1ccc(C)cc1. The van der Waals surface area contributed by atoms with E-state index in [0.29, 0.717) is 17.6 Å². The molecule has 1 amide bonds. The van der Waals surface area contributed by atoms with Gasteiger partial charge >= 0.3 is 0 Å². The maximum Gasteiger partial charge on any atom is 0.234 e. The van der Waals surface area contributed by atoms with E-state index in [4.69, 9.17) is 0 Å². The van der Waals surface area contributed by atoms with Gasteiger partial charge in [-0.2, -0.15) is 0 Å². The van der Waals surface area contributed by atoms with Crippen molar-refractivity contribution in [3.8, 4) is 0 Å². The Bertz CT molecular complexity index is 1010. The van der Waals surface area contributed by atoms with Gasteiger partial charge in [-0.1, -0.05) is 59.8 Å². The van der Waals surface area contributed by atoms with Crippen LogP contribution in [0.1, 0.15) is 47.7 Å². The van der Waals surface area contributed by atoms with Gasteiger partial charge in [0.2, 0.25) is 5.91 Å². The van der Waals surface area contributed by atoms with Crippen LogP contribution >= 0.6 is 11.8 Å². The standard InChI is InChI=1S/C23H26N4OS/c1-4-27-22(19-13-18(19)17-11-9-15(2)10-12-17)25-26-23(27)29-14-21(28)24-20-8-6-5-7-16(20)3/h5-12,18-19H,4,13-14H2,1-3H3,(H,24,28). The van der Waals surface area contributed by atoms with Gasteiger partial charge in [-0.3, -0.25) is 4.79 Å². The Balaban J connectivity index is 1.40. The summed E-state index contributed by atoms with van der Waals surface area (Å²) in [5, 5.41) is 12.7. The number of rotatable bonds is 7. The van der Waals surface area contributed by atoms with Gasteiger partial charge in [-0.05, 0) is 50.3 Å². The third-order valence-corrected chi connectivity index (χ3v) is 6.41. The van der Waals surface area contributed by atoms with E-state index in [1.54, 1.807) is 0 Å². The number of amides is 1. The summed E-state index contributed by atoms with van der Waals surface area (Å²) in [6.07, 6.45) is 1.11. The Kier molecular flexibility index (Phi) is 5.72. The maximum absolute atomic E-state index is 12.4. The van der Waals surface area contributed by atoms with Gasteiger partial charge in [0.1, 0.15) is 5.82 Å². The van der Waals surface area contributed by atoms with E-state index in [-0.39, 0.29) is 5.91 Å². The molecule has 1 aromatic heterocycles. The first kappa shape index (κ1) is 19.7. The highest BCUT2D eigenvalue weighted by Crippen LogP contribution is 2.54. The summed E-state index contributed by atoms with van der Waals surface area (Å²) in [7, 11) is 0. The number of aryl methyl sites for hydroxylation is 2. The summed E-state index contributed by atoms with van der Waals surface area (Å²) >= 11 is 1.45. The fourth-order valence-corrected chi connectivity index (χ4v) is 4.48. The van der Waals surface area contributed by atoms with Crippen LogP contribution in [0.5, 0.6) is 0 Å². The fourth-order valence-electron chi connectivity index (χ4n) is 3.67. The first-order valence-corrected chi connectivity index (χ1v) is 11.0. The lowest BCUT2D eigenvalue weighted by Gasteiger charge is -2.09. The second-order valence-electron chi connectivity index (χ2n) is 7.60. The zero-order valence-electron chi connectivity index (χ0n) is 17.1. The number of thioether (sulfide) groups is 1. The molecule has 29 heavy (non-hydrogen) atoms. The zero-order valence-corrected chi connectivity index (χ0v) is 17.9. The number of aromatic nitrogens is 3. The molecule has 3 aromatic rings. The van der Waals surface area contributed by atoms with Gasteiger partial charge in [-0.15, -0.1) is 10.2 Å². The van der Waals surface area contributed by atoms with Crippen LogP contribution in [0.2, 0.25) is 0 Å². The van der Waals surface area contributed by atoms with Gasteiger partial charge in [-0.25, -0.2) is 0 Å². The van der Waals surface area contributed by atoms with Crippen molar-refractivity contribution in [3.05, 3.63) is 71.0 Å². The molecule has 6 heteroatoms. The lowest BCUT2D eigenvalue weighted by molar-refractivity contribution is -0.113. The van der Waals surface area contributed by atoms with Crippen LogP contribution in [0.25, 0.3) is 0 Å². The number of nitrogens with one attached hydrogen (secondary N) is 1. The minimum atomic E-state index is -0.0274. The minimum absolute atomic E-state index is 0.0274. The second-order valence-corrected chi connectivity index (χ2v) is 8.54.